The summed E-state index contributed by atoms with van der Waals surface area (Å²) in [5, 5.41) is 13.8. The number of nitrogens with zero attached hydrogens (tertiary/aromatic N) is 4. The molecule has 0 saturated heterocycles. The number of aromatic nitrogens is 4. The maximum absolute atomic E-state index is 13.1. The number of hydrogen-bond donors (Lipinski definition) is 3. The van der Waals surface area contributed by atoms with Crippen LogP contribution in [0.5, 0.6) is 11.5 Å². The molecule has 6 rings (SSSR count). The summed E-state index contributed by atoms with van der Waals surface area (Å²) in [5.74, 6) is 2.94. The lowest BCUT2D eigenvalue weighted by atomic mass is 10.1. The highest BCUT2D eigenvalue weighted by Crippen LogP contribution is 2.28. The second-order valence-corrected chi connectivity index (χ2v) is 9.18. The highest BCUT2D eigenvalue weighted by atomic mass is 16.5. The number of anilines is 3. The molecule has 0 fully saturated rings. The molecule has 1 aliphatic rings. The van der Waals surface area contributed by atoms with Crippen molar-refractivity contribution < 1.29 is 9.53 Å². The Morgan fingerprint density at radius 3 is 2.59 bits per heavy atom. The van der Waals surface area contributed by atoms with Crippen LogP contribution in [0.2, 0.25) is 0 Å². The van der Waals surface area contributed by atoms with E-state index in [-0.39, 0.29) is 5.91 Å². The number of H-pyrrole nitrogens is 1. The highest BCUT2D eigenvalue weighted by Gasteiger charge is 2.24. The lowest BCUT2D eigenvalue weighted by Gasteiger charge is -2.28. The SMILES string of the molecule is O=C(Nc1n[nH]c2c1CN(c1ccnc(NCc3ccccc3)n1)CC2)c1cccc(Oc2ccccc2)c1. The first-order valence-corrected chi connectivity index (χ1v) is 12.8. The predicted molar refractivity (Wildman–Crippen MR) is 150 cm³/mol. The maximum atomic E-state index is 13.1. The fraction of sp³-hybridized carbons (Fsp3) is 0.133. The first-order valence-electron chi connectivity index (χ1n) is 12.8. The molecule has 0 radical (unpaired) electrons. The van der Waals surface area contributed by atoms with Gasteiger partial charge >= 0.3 is 0 Å². The average molecular weight is 518 g/mol. The van der Waals surface area contributed by atoms with Crippen LogP contribution in [0.4, 0.5) is 17.6 Å². The molecule has 2 aromatic heterocycles. The van der Waals surface area contributed by atoms with Crippen LogP contribution in [0.25, 0.3) is 0 Å². The molecule has 194 valence electrons. The summed E-state index contributed by atoms with van der Waals surface area (Å²) in [6, 6.07) is 28.6. The van der Waals surface area contributed by atoms with E-state index in [0.29, 0.717) is 41.9 Å². The van der Waals surface area contributed by atoms with Crippen molar-refractivity contribution in [2.75, 3.05) is 22.1 Å². The Morgan fingerprint density at radius 1 is 0.949 bits per heavy atom. The number of carbonyl (C=O) groups is 1. The number of nitrogens with one attached hydrogen (secondary N) is 3. The average Bonchev–Trinajstić information content (AvgIpc) is 3.39. The van der Waals surface area contributed by atoms with E-state index < -0.39 is 0 Å². The zero-order valence-corrected chi connectivity index (χ0v) is 21.2. The van der Waals surface area contributed by atoms with E-state index in [2.05, 4.69) is 42.8 Å². The van der Waals surface area contributed by atoms with Crippen molar-refractivity contribution in [2.24, 2.45) is 0 Å². The second-order valence-electron chi connectivity index (χ2n) is 9.18. The molecule has 0 aliphatic carbocycles. The zero-order chi connectivity index (χ0) is 26.4. The molecule has 1 amide bonds. The van der Waals surface area contributed by atoms with E-state index in [4.69, 9.17) is 9.72 Å². The van der Waals surface area contributed by atoms with Gasteiger partial charge in [0.05, 0.1) is 0 Å². The normalized spacial score (nSPS) is 12.5. The molecule has 9 nitrogen and oxygen atoms in total. The van der Waals surface area contributed by atoms with Gasteiger partial charge in [-0.25, -0.2) is 4.98 Å². The largest absolute Gasteiger partial charge is 0.457 e. The van der Waals surface area contributed by atoms with Gasteiger partial charge in [-0.15, -0.1) is 0 Å². The van der Waals surface area contributed by atoms with E-state index >= 15 is 0 Å². The van der Waals surface area contributed by atoms with Crippen molar-refractivity contribution in [2.45, 2.75) is 19.5 Å². The van der Waals surface area contributed by atoms with Crippen LogP contribution in [0, 0.1) is 0 Å². The quantitative estimate of drug-likeness (QED) is 0.252. The number of para-hydroxylation sites is 1. The number of carbonyl (C=O) groups excluding carboxylic acids is 1. The summed E-state index contributed by atoms with van der Waals surface area (Å²) in [4.78, 5) is 24.4. The van der Waals surface area contributed by atoms with E-state index in [1.165, 1.54) is 0 Å². The summed E-state index contributed by atoms with van der Waals surface area (Å²) in [5.41, 5.74) is 3.60. The van der Waals surface area contributed by atoms with Gasteiger partial charge in [0.2, 0.25) is 5.95 Å². The molecule has 39 heavy (non-hydrogen) atoms. The molecule has 0 atom stereocenters. The van der Waals surface area contributed by atoms with Crippen LogP contribution in [-0.4, -0.2) is 32.6 Å². The number of hydrogen-bond acceptors (Lipinski definition) is 7. The van der Waals surface area contributed by atoms with Crippen molar-refractivity contribution in [3.63, 3.8) is 0 Å². The fourth-order valence-corrected chi connectivity index (χ4v) is 4.49. The molecule has 3 N–H and O–H groups in total. The molecule has 0 bridgehead atoms. The van der Waals surface area contributed by atoms with Crippen LogP contribution in [0.1, 0.15) is 27.2 Å². The topological polar surface area (TPSA) is 108 Å². The summed E-state index contributed by atoms with van der Waals surface area (Å²) in [6.45, 7) is 1.98. The minimum atomic E-state index is -0.255. The Hall–Kier alpha value is -5.18. The molecule has 0 spiro atoms. The summed E-state index contributed by atoms with van der Waals surface area (Å²) in [7, 11) is 0. The molecule has 5 aromatic rings. The number of aromatic amines is 1. The lowest BCUT2D eigenvalue weighted by molar-refractivity contribution is 0.102. The Bertz CT molecular complexity index is 1570. The third kappa shape index (κ3) is 5.72. The number of amides is 1. The van der Waals surface area contributed by atoms with Crippen LogP contribution < -0.4 is 20.3 Å². The predicted octanol–water partition coefficient (Wildman–Crippen LogP) is 5.42. The first-order chi connectivity index (χ1) is 19.2. The number of rotatable bonds is 8. The van der Waals surface area contributed by atoms with Gasteiger partial charge in [0, 0.05) is 49.1 Å². The van der Waals surface area contributed by atoms with E-state index in [1.807, 2.05) is 60.7 Å². The lowest BCUT2D eigenvalue weighted by Crippen LogP contribution is -2.31. The van der Waals surface area contributed by atoms with Crippen molar-refractivity contribution in [3.8, 4) is 11.5 Å². The smallest absolute Gasteiger partial charge is 0.257 e. The first kappa shape index (κ1) is 24.2. The molecular formula is C30H27N7O2. The van der Waals surface area contributed by atoms with Gasteiger partial charge in [-0.2, -0.15) is 10.1 Å². The molecule has 3 heterocycles. The highest BCUT2D eigenvalue weighted by molar-refractivity contribution is 6.04. The third-order valence-electron chi connectivity index (χ3n) is 6.50. The van der Waals surface area contributed by atoms with Gasteiger partial charge in [0.25, 0.3) is 5.91 Å². The Morgan fingerprint density at radius 2 is 1.74 bits per heavy atom. The van der Waals surface area contributed by atoms with Crippen LogP contribution in [-0.2, 0) is 19.5 Å². The number of fused-ring (bicyclic) bond motifs is 1. The van der Waals surface area contributed by atoms with Crippen LogP contribution >= 0.6 is 0 Å². The Kier molecular flexibility index (Phi) is 6.85. The zero-order valence-electron chi connectivity index (χ0n) is 21.2. The van der Waals surface area contributed by atoms with Gasteiger partial charge in [0.1, 0.15) is 17.3 Å². The standard InChI is InChI=1S/C30H27N7O2/c38-29(22-10-7-13-24(18-22)39-23-11-5-2-6-12-23)34-28-25-20-37(17-15-26(25)35-36-28)27-14-16-31-30(33-27)32-19-21-8-3-1-4-9-21/h1-14,16,18H,15,17,19-20H2,(H,31,32,33)(H2,34,35,36,38). The van der Waals surface area contributed by atoms with Gasteiger partial charge in [0.15, 0.2) is 5.82 Å². The summed E-state index contributed by atoms with van der Waals surface area (Å²) in [6.07, 6.45) is 2.52. The van der Waals surface area contributed by atoms with Crippen molar-refractivity contribution in [1.82, 2.24) is 20.2 Å². The number of benzene rings is 3. The van der Waals surface area contributed by atoms with Crippen molar-refractivity contribution in [3.05, 3.63) is 120 Å². The van der Waals surface area contributed by atoms with Crippen molar-refractivity contribution >= 4 is 23.5 Å². The molecule has 0 saturated carbocycles. The van der Waals surface area contributed by atoms with Gasteiger partial charge in [-0.05, 0) is 42.0 Å². The van der Waals surface area contributed by atoms with Crippen LogP contribution in [0.15, 0.2) is 97.2 Å². The third-order valence-corrected chi connectivity index (χ3v) is 6.50. The molecule has 9 heteroatoms. The van der Waals surface area contributed by atoms with Crippen molar-refractivity contribution in [1.29, 1.82) is 0 Å². The molecular weight excluding hydrogens is 490 g/mol. The van der Waals surface area contributed by atoms with E-state index in [1.54, 1.807) is 24.4 Å². The van der Waals surface area contributed by atoms with Gasteiger partial charge < -0.3 is 20.3 Å². The van der Waals surface area contributed by atoms with Gasteiger partial charge in [-0.3, -0.25) is 9.89 Å². The molecule has 1 aliphatic heterocycles. The van der Waals surface area contributed by atoms with E-state index in [0.717, 1.165) is 35.6 Å². The van der Waals surface area contributed by atoms with E-state index in [9.17, 15) is 4.79 Å². The minimum Gasteiger partial charge on any atom is -0.457 e. The molecule has 0 unspecified atom stereocenters. The van der Waals surface area contributed by atoms with Gasteiger partial charge in [-0.1, -0.05) is 54.6 Å². The summed E-state index contributed by atoms with van der Waals surface area (Å²) >= 11 is 0. The fourth-order valence-electron chi connectivity index (χ4n) is 4.49. The maximum Gasteiger partial charge on any atom is 0.257 e. The minimum absolute atomic E-state index is 0.255. The molecule has 3 aromatic carbocycles. The Labute approximate surface area is 225 Å². The monoisotopic (exact) mass is 517 g/mol. The second kappa shape index (κ2) is 11.1. The summed E-state index contributed by atoms with van der Waals surface area (Å²) < 4.78 is 5.88. The number of ether oxygens (including phenoxy) is 1. The van der Waals surface area contributed by atoms with Crippen LogP contribution in [0.3, 0.4) is 0 Å². The Balaban J connectivity index is 1.13.